The highest BCUT2D eigenvalue weighted by Crippen LogP contribution is 2.47. The number of nitrogens with one attached hydrogen (secondary N) is 2. The molecule has 0 radical (unpaired) electrons. The molecule has 1 aliphatic heterocycles. The van der Waals surface area contributed by atoms with E-state index in [9.17, 15) is 9.59 Å². The van der Waals surface area contributed by atoms with E-state index >= 15 is 0 Å². The van der Waals surface area contributed by atoms with Crippen molar-refractivity contribution in [3.05, 3.63) is 24.3 Å². The number of carbonyl (C=O) groups is 2. The summed E-state index contributed by atoms with van der Waals surface area (Å²) < 4.78 is 0. The molecular weight excluding hydrogens is 292 g/mol. The third-order valence-corrected chi connectivity index (χ3v) is 5.59. The van der Waals surface area contributed by atoms with Crippen molar-refractivity contribution in [1.29, 1.82) is 0 Å². The van der Waals surface area contributed by atoms with E-state index < -0.39 is 0 Å². The number of fused-ring (bicyclic) bond motifs is 2. The Morgan fingerprint density at radius 3 is 2.57 bits per heavy atom. The van der Waals surface area contributed by atoms with E-state index in [1.54, 1.807) is 4.90 Å². The zero-order chi connectivity index (χ0) is 16.0. The first-order valence-corrected chi connectivity index (χ1v) is 8.35. The highest BCUT2D eigenvalue weighted by atomic mass is 16.2. The van der Waals surface area contributed by atoms with Crippen molar-refractivity contribution in [2.24, 2.45) is 23.5 Å². The lowest BCUT2D eigenvalue weighted by atomic mass is 9.84. The summed E-state index contributed by atoms with van der Waals surface area (Å²) in [5.74, 6) is 0.948. The van der Waals surface area contributed by atoms with Crippen LogP contribution in [0.3, 0.4) is 0 Å². The van der Waals surface area contributed by atoms with Crippen molar-refractivity contribution in [3.63, 3.8) is 0 Å². The highest BCUT2D eigenvalue weighted by molar-refractivity contribution is 5.96. The Balaban J connectivity index is 1.43. The topological polar surface area (TPSA) is 87.5 Å². The number of hydrogen-bond donors (Lipinski definition) is 3. The number of nitrogens with two attached hydrogens (primary N) is 1. The monoisotopic (exact) mass is 314 g/mol. The molecule has 4 unspecified atom stereocenters. The lowest BCUT2D eigenvalue weighted by Crippen LogP contribution is -2.42. The minimum absolute atomic E-state index is 0.00122. The van der Waals surface area contributed by atoms with Crippen LogP contribution in [0.4, 0.5) is 16.2 Å². The molecule has 0 aromatic heterocycles. The first-order chi connectivity index (χ1) is 11.1. The summed E-state index contributed by atoms with van der Waals surface area (Å²) in [4.78, 5) is 25.9. The largest absolute Gasteiger partial charge is 0.336 e. The molecule has 1 heterocycles. The first kappa shape index (κ1) is 14.5. The van der Waals surface area contributed by atoms with Crippen molar-refractivity contribution >= 4 is 23.3 Å². The Labute approximate surface area is 135 Å². The van der Waals surface area contributed by atoms with Crippen LogP contribution in [0.1, 0.15) is 19.3 Å². The van der Waals surface area contributed by atoms with E-state index in [0.29, 0.717) is 24.9 Å². The number of anilines is 2. The minimum Gasteiger partial charge on any atom is -0.336 e. The number of rotatable bonds is 3. The van der Waals surface area contributed by atoms with Crippen LogP contribution in [0.2, 0.25) is 0 Å². The highest BCUT2D eigenvalue weighted by Gasteiger charge is 2.49. The maximum Gasteiger partial charge on any atom is 0.321 e. The van der Waals surface area contributed by atoms with Crippen molar-refractivity contribution in [3.8, 4) is 0 Å². The van der Waals surface area contributed by atoms with E-state index in [1.807, 2.05) is 24.3 Å². The summed E-state index contributed by atoms with van der Waals surface area (Å²) in [7, 11) is 0. The minimum atomic E-state index is -0.0743. The molecule has 2 bridgehead atoms. The van der Waals surface area contributed by atoms with E-state index in [0.717, 1.165) is 24.2 Å². The average molecular weight is 314 g/mol. The fourth-order valence-corrected chi connectivity index (χ4v) is 4.39. The number of hydrogen-bond acceptors (Lipinski definition) is 3. The fourth-order valence-electron chi connectivity index (χ4n) is 4.39. The Bertz CT molecular complexity index is 628. The quantitative estimate of drug-likeness (QED) is 0.790. The standard InChI is InChI=1S/C17H22N4O2/c18-15-11-2-1-10(9-11)14(15)16(22)20-12-3-5-13(6-4-12)21-8-7-19-17(21)23/h3-6,10-11,14-15H,1-2,7-9,18H2,(H,19,23)(H,20,22). The van der Waals surface area contributed by atoms with Gasteiger partial charge in [-0.3, -0.25) is 9.69 Å². The molecule has 3 amide bonds. The molecule has 2 saturated carbocycles. The van der Waals surface area contributed by atoms with E-state index in [4.69, 9.17) is 5.73 Å². The molecule has 122 valence electrons. The number of benzene rings is 1. The number of nitrogens with zero attached hydrogens (tertiary/aromatic N) is 1. The fraction of sp³-hybridized carbons (Fsp3) is 0.529. The van der Waals surface area contributed by atoms with Gasteiger partial charge >= 0.3 is 6.03 Å². The van der Waals surface area contributed by atoms with Crippen LogP contribution in [0.25, 0.3) is 0 Å². The van der Waals surface area contributed by atoms with Gasteiger partial charge < -0.3 is 16.4 Å². The van der Waals surface area contributed by atoms with Crippen LogP contribution >= 0.6 is 0 Å². The number of carbonyl (C=O) groups excluding carboxylic acids is 2. The molecule has 23 heavy (non-hydrogen) atoms. The third-order valence-electron chi connectivity index (χ3n) is 5.59. The SMILES string of the molecule is NC1C2CCC(C2)C1C(=O)Nc1ccc(N2CCNC2=O)cc1. The molecule has 6 heteroatoms. The van der Waals surface area contributed by atoms with Gasteiger partial charge in [0.25, 0.3) is 0 Å². The van der Waals surface area contributed by atoms with Crippen molar-refractivity contribution in [1.82, 2.24) is 5.32 Å². The van der Waals surface area contributed by atoms with Gasteiger partial charge in [-0.05, 0) is 55.4 Å². The van der Waals surface area contributed by atoms with Crippen LogP contribution in [-0.4, -0.2) is 31.1 Å². The maximum absolute atomic E-state index is 12.5. The van der Waals surface area contributed by atoms with Crippen LogP contribution < -0.4 is 21.3 Å². The predicted molar refractivity (Wildman–Crippen MR) is 88.1 cm³/mol. The first-order valence-electron chi connectivity index (χ1n) is 8.35. The van der Waals surface area contributed by atoms with Gasteiger partial charge in [-0.15, -0.1) is 0 Å². The zero-order valence-corrected chi connectivity index (χ0v) is 13.0. The van der Waals surface area contributed by atoms with Crippen LogP contribution in [0.5, 0.6) is 0 Å². The third kappa shape index (κ3) is 2.47. The predicted octanol–water partition coefficient (Wildman–Crippen LogP) is 1.53. The summed E-state index contributed by atoms with van der Waals surface area (Å²) in [6.07, 6.45) is 3.39. The lowest BCUT2D eigenvalue weighted by Gasteiger charge is -2.27. The van der Waals surface area contributed by atoms with Crippen LogP contribution in [0, 0.1) is 17.8 Å². The molecule has 3 fully saturated rings. The number of amides is 3. The number of urea groups is 1. The Hall–Kier alpha value is -2.08. The van der Waals surface area contributed by atoms with Crippen LogP contribution in [0.15, 0.2) is 24.3 Å². The molecular formula is C17H22N4O2. The second-order valence-corrected chi connectivity index (χ2v) is 6.86. The zero-order valence-electron chi connectivity index (χ0n) is 13.0. The molecule has 4 rings (SSSR count). The van der Waals surface area contributed by atoms with Crippen molar-refractivity contribution in [2.75, 3.05) is 23.3 Å². The van der Waals surface area contributed by atoms with Gasteiger partial charge in [0.15, 0.2) is 0 Å². The smallest absolute Gasteiger partial charge is 0.321 e. The van der Waals surface area contributed by atoms with Gasteiger partial charge in [-0.1, -0.05) is 0 Å². The summed E-state index contributed by atoms with van der Waals surface area (Å²) in [5, 5.41) is 5.77. The van der Waals surface area contributed by atoms with E-state index in [1.165, 1.54) is 6.42 Å². The Morgan fingerprint density at radius 1 is 1.22 bits per heavy atom. The summed E-state index contributed by atoms with van der Waals surface area (Å²) >= 11 is 0. The molecule has 3 aliphatic rings. The molecule has 4 atom stereocenters. The second kappa shape index (κ2) is 5.53. The summed E-state index contributed by atoms with van der Waals surface area (Å²) in [5.41, 5.74) is 7.83. The molecule has 1 aromatic rings. The Morgan fingerprint density at radius 2 is 1.96 bits per heavy atom. The molecule has 4 N–H and O–H groups in total. The molecule has 6 nitrogen and oxygen atoms in total. The van der Waals surface area contributed by atoms with Gasteiger partial charge in [-0.2, -0.15) is 0 Å². The van der Waals surface area contributed by atoms with Crippen molar-refractivity contribution in [2.45, 2.75) is 25.3 Å². The maximum atomic E-state index is 12.5. The van der Waals surface area contributed by atoms with Crippen LogP contribution in [-0.2, 0) is 4.79 Å². The summed E-state index contributed by atoms with van der Waals surface area (Å²) in [6, 6.07) is 7.34. The molecule has 2 aliphatic carbocycles. The lowest BCUT2D eigenvalue weighted by molar-refractivity contribution is -0.121. The van der Waals surface area contributed by atoms with Gasteiger partial charge in [-0.25, -0.2) is 4.79 Å². The van der Waals surface area contributed by atoms with Gasteiger partial charge in [0.2, 0.25) is 5.91 Å². The molecule has 0 spiro atoms. The van der Waals surface area contributed by atoms with Crippen molar-refractivity contribution < 1.29 is 9.59 Å². The molecule has 1 saturated heterocycles. The average Bonchev–Trinajstić information content (AvgIpc) is 3.24. The Kier molecular flexibility index (Phi) is 3.49. The van der Waals surface area contributed by atoms with E-state index in [2.05, 4.69) is 10.6 Å². The van der Waals surface area contributed by atoms with Gasteiger partial charge in [0, 0.05) is 30.5 Å². The van der Waals surface area contributed by atoms with E-state index in [-0.39, 0.29) is 23.9 Å². The summed E-state index contributed by atoms with van der Waals surface area (Å²) in [6.45, 7) is 1.34. The normalized spacial score (nSPS) is 32.2. The van der Waals surface area contributed by atoms with Gasteiger partial charge in [0.1, 0.15) is 0 Å². The second-order valence-electron chi connectivity index (χ2n) is 6.86. The molecule has 1 aromatic carbocycles. The van der Waals surface area contributed by atoms with Gasteiger partial charge in [0.05, 0.1) is 5.92 Å².